The molecule has 0 bridgehead atoms. The van der Waals surface area contributed by atoms with Gasteiger partial charge in [0.05, 0.1) is 0 Å². The van der Waals surface area contributed by atoms with E-state index in [2.05, 4.69) is 10.1 Å². The lowest BCUT2D eigenvalue weighted by atomic mass is 10.2. The maximum Gasteiger partial charge on any atom is 0.312 e. The van der Waals surface area contributed by atoms with Crippen LogP contribution in [0.3, 0.4) is 0 Å². The van der Waals surface area contributed by atoms with Gasteiger partial charge in [-0.15, -0.1) is 0 Å². The third-order valence-corrected chi connectivity index (χ3v) is 2.26. The highest BCUT2D eigenvalue weighted by molar-refractivity contribution is 5.68. The summed E-state index contributed by atoms with van der Waals surface area (Å²) in [7, 11) is 0. The van der Waals surface area contributed by atoms with Gasteiger partial charge in [-0.3, -0.25) is 4.79 Å². The summed E-state index contributed by atoms with van der Waals surface area (Å²) in [4.78, 5) is 14.4. The molecule has 1 heterocycles. The van der Waals surface area contributed by atoms with Crippen molar-refractivity contribution in [1.82, 2.24) is 10.1 Å². The smallest absolute Gasteiger partial charge is 0.312 e. The summed E-state index contributed by atoms with van der Waals surface area (Å²) >= 11 is 0. The summed E-state index contributed by atoms with van der Waals surface area (Å²) in [5, 5.41) is 12.2. The van der Waals surface area contributed by atoms with Gasteiger partial charge in [0.1, 0.15) is 12.2 Å². The minimum Gasteiger partial charge on any atom is -0.485 e. The van der Waals surface area contributed by atoms with Crippen molar-refractivity contribution in [3.63, 3.8) is 0 Å². The van der Waals surface area contributed by atoms with Gasteiger partial charge in [0.2, 0.25) is 11.7 Å². The van der Waals surface area contributed by atoms with Crippen LogP contribution < -0.4 is 4.74 Å². The molecule has 0 radical (unpaired) electrons. The molecule has 1 aromatic carbocycles. The van der Waals surface area contributed by atoms with Crippen molar-refractivity contribution in [3.05, 3.63) is 41.5 Å². The van der Waals surface area contributed by atoms with Crippen molar-refractivity contribution in [2.45, 2.75) is 20.0 Å². The Kier molecular flexibility index (Phi) is 3.57. The SMILES string of the molecule is Cc1ccccc1OCc1noc(CC(=O)O)n1. The fraction of sp³-hybridized carbons (Fsp3) is 0.250. The third-order valence-electron chi connectivity index (χ3n) is 2.26. The van der Waals surface area contributed by atoms with Crippen molar-refractivity contribution < 1.29 is 19.2 Å². The van der Waals surface area contributed by atoms with Crippen molar-refractivity contribution in [2.75, 3.05) is 0 Å². The van der Waals surface area contributed by atoms with E-state index in [1.807, 2.05) is 31.2 Å². The van der Waals surface area contributed by atoms with E-state index in [-0.39, 0.29) is 18.9 Å². The molecule has 0 spiro atoms. The Labute approximate surface area is 103 Å². The van der Waals surface area contributed by atoms with Gasteiger partial charge in [0.25, 0.3) is 0 Å². The summed E-state index contributed by atoms with van der Waals surface area (Å²) in [5.41, 5.74) is 1.01. The van der Waals surface area contributed by atoms with Gasteiger partial charge in [0.15, 0.2) is 6.61 Å². The maximum atomic E-state index is 10.4. The molecule has 0 aliphatic rings. The molecule has 0 saturated heterocycles. The number of aliphatic carboxylic acids is 1. The molecule has 0 aliphatic heterocycles. The first kappa shape index (κ1) is 12.1. The van der Waals surface area contributed by atoms with E-state index in [1.165, 1.54) is 0 Å². The zero-order valence-electron chi connectivity index (χ0n) is 9.79. The summed E-state index contributed by atoms with van der Waals surface area (Å²) in [6.45, 7) is 2.08. The summed E-state index contributed by atoms with van der Waals surface area (Å²) < 4.78 is 10.3. The van der Waals surface area contributed by atoms with Gasteiger partial charge in [-0.25, -0.2) is 0 Å². The van der Waals surface area contributed by atoms with Gasteiger partial charge >= 0.3 is 5.97 Å². The number of carboxylic acids is 1. The second-order valence-electron chi connectivity index (χ2n) is 3.73. The molecule has 0 amide bonds. The Balaban J connectivity index is 1.96. The minimum absolute atomic E-state index is 0.0749. The lowest BCUT2D eigenvalue weighted by Gasteiger charge is -2.05. The molecule has 6 heteroatoms. The van der Waals surface area contributed by atoms with Crippen LogP contribution in [0.15, 0.2) is 28.8 Å². The number of hydrogen-bond donors (Lipinski definition) is 1. The van der Waals surface area contributed by atoms with E-state index in [4.69, 9.17) is 14.4 Å². The number of benzene rings is 1. The first-order chi connectivity index (χ1) is 8.65. The Bertz CT molecular complexity index is 551. The van der Waals surface area contributed by atoms with Crippen LogP contribution in [0.4, 0.5) is 0 Å². The van der Waals surface area contributed by atoms with E-state index in [0.717, 1.165) is 11.3 Å². The number of carboxylic acid groups (broad SMARTS) is 1. The first-order valence-corrected chi connectivity index (χ1v) is 5.37. The minimum atomic E-state index is -1.01. The number of para-hydroxylation sites is 1. The summed E-state index contributed by atoms with van der Waals surface area (Å²) in [5.74, 6) is 0.132. The maximum absolute atomic E-state index is 10.4. The largest absolute Gasteiger partial charge is 0.485 e. The van der Waals surface area contributed by atoms with Gasteiger partial charge < -0.3 is 14.4 Å². The van der Waals surface area contributed by atoms with Crippen molar-refractivity contribution in [2.24, 2.45) is 0 Å². The molecule has 2 aromatic rings. The van der Waals surface area contributed by atoms with Gasteiger partial charge in [0, 0.05) is 0 Å². The molecular formula is C12H12N2O4. The van der Waals surface area contributed by atoms with Crippen LogP contribution in [0.2, 0.25) is 0 Å². The summed E-state index contributed by atoms with van der Waals surface area (Å²) in [6, 6.07) is 7.56. The van der Waals surface area contributed by atoms with Crippen LogP contribution in [0.25, 0.3) is 0 Å². The van der Waals surface area contributed by atoms with E-state index in [9.17, 15) is 4.79 Å². The van der Waals surface area contributed by atoms with Crippen LogP contribution in [-0.2, 0) is 17.8 Å². The zero-order valence-corrected chi connectivity index (χ0v) is 9.79. The van der Waals surface area contributed by atoms with Gasteiger partial charge in [-0.1, -0.05) is 23.4 Å². The molecular weight excluding hydrogens is 236 g/mol. The van der Waals surface area contributed by atoms with Crippen LogP contribution in [-0.4, -0.2) is 21.2 Å². The van der Waals surface area contributed by atoms with E-state index in [1.54, 1.807) is 0 Å². The third kappa shape index (κ3) is 3.07. The average Bonchev–Trinajstić information content (AvgIpc) is 2.75. The number of nitrogens with zero attached hydrogens (tertiary/aromatic N) is 2. The van der Waals surface area contributed by atoms with Crippen molar-refractivity contribution in [1.29, 1.82) is 0 Å². The average molecular weight is 248 g/mol. The van der Waals surface area contributed by atoms with Crippen molar-refractivity contribution >= 4 is 5.97 Å². The molecule has 1 N–H and O–H groups in total. The molecule has 0 unspecified atom stereocenters. The Morgan fingerprint density at radius 1 is 1.44 bits per heavy atom. The number of rotatable bonds is 5. The highest BCUT2D eigenvalue weighted by Crippen LogP contribution is 2.17. The van der Waals surface area contributed by atoms with Gasteiger partial charge in [-0.2, -0.15) is 4.98 Å². The Hall–Kier alpha value is -2.37. The predicted molar refractivity (Wildman–Crippen MR) is 61.1 cm³/mol. The van der Waals surface area contributed by atoms with E-state index < -0.39 is 5.97 Å². The number of aromatic nitrogens is 2. The van der Waals surface area contributed by atoms with Crippen LogP contribution in [0.5, 0.6) is 5.75 Å². The molecule has 0 aliphatic carbocycles. The lowest BCUT2D eigenvalue weighted by molar-refractivity contribution is -0.136. The second-order valence-corrected chi connectivity index (χ2v) is 3.73. The van der Waals surface area contributed by atoms with E-state index >= 15 is 0 Å². The molecule has 0 atom stereocenters. The first-order valence-electron chi connectivity index (χ1n) is 5.37. The molecule has 6 nitrogen and oxygen atoms in total. The highest BCUT2D eigenvalue weighted by atomic mass is 16.5. The molecule has 0 fully saturated rings. The summed E-state index contributed by atoms with van der Waals surface area (Å²) in [6.07, 6.45) is -0.280. The number of aryl methyl sites for hydroxylation is 1. The van der Waals surface area contributed by atoms with E-state index in [0.29, 0.717) is 5.82 Å². The molecule has 94 valence electrons. The molecule has 1 aromatic heterocycles. The van der Waals surface area contributed by atoms with Gasteiger partial charge in [-0.05, 0) is 18.6 Å². The second kappa shape index (κ2) is 5.31. The number of ether oxygens (including phenoxy) is 1. The quantitative estimate of drug-likeness (QED) is 0.864. The topological polar surface area (TPSA) is 85.5 Å². The predicted octanol–water partition coefficient (Wildman–Crippen LogP) is 1.58. The normalized spacial score (nSPS) is 10.3. The van der Waals surface area contributed by atoms with Crippen molar-refractivity contribution in [3.8, 4) is 5.75 Å². The lowest BCUT2D eigenvalue weighted by Crippen LogP contribution is -2.02. The monoisotopic (exact) mass is 248 g/mol. The number of hydrogen-bond acceptors (Lipinski definition) is 5. The highest BCUT2D eigenvalue weighted by Gasteiger charge is 2.10. The fourth-order valence-corrected chi connectivity index (χ4v) is 1.41. The zero-order chi connectivity index (χ0) is 13.0. The fourth-order valence-electron chi connectivity index (χ4n) is 1.41. The molecule has 0 saturated carbocycles. The Morgan fingerprint density at radius 2 is 2.22 bits per heavy atom. The number of carbonyl (C=O) groups is 1. The standard InChI is InChI=1S/C12H12N2O4/c1-8-4-2-3-5-9(8)17-7-10-13-11(18-14-10)6-12(15)16/h2-5H,6-7H2,1H3,(H,15,16). The molecule has 18 heavy (non-hydrogen) atoms. The van der Waals surface area contributed by atoms with Crippen LogP contribution >= 0.6 is 0 Å². The Morgan fingerprint density at radius 3 is 2.94 bits per heavy atom. The molecule has 2 rings (SSSR count). The van der Waals surface area contributed by atoms with Crippen LogP contribution in [0.1, 0.15) is 17.3 Å². The van der Waals surface area contributed by atoms with Crippen LogP contribution in [0, 0.1) is 6.92 Å².